The molecular weight excluding hydrogens is 284 g/mol. The zero-order valence-corrected chi connectivity index (χ0v) is 12.1. The molecule has 1 aliphatic heterocycles. The van der Waals surface area contributed by atoms with E-state index in [9.17, 15) is 19.2 Å². The van der Waals surface area contributed by atoms with Crippen LogP contribution in [-0.2, 0) is 19.2 Å². The standard InChI is InChI=1S/C12H18N2O5S/c1-8(15)13-9(12(18)19)4-6-20-7-5-14-10(16)2-3-11(14)17/h9H,2-7H2,1H3,(H,13,15)(H,18,19). The molecule has 1 rings (SSSR count). The van der Waals surface area contributed by atoms with E-state index in [-0.39, 0.29) is 30.6 Å². The lowest BCUT2D eigenvalue weighted by atomic mass is 10.2. The van der Waals surface area contributed by atoms with Gasteiger partial charge in [0.25, 0.3) is 0 Å². The Morgan fingerprint density at radius 3 is 2.40 bits per heavy atom. The molecule has 2 N–H and O–H groups in total. The molecule has 1 aliphatic rings. The highest BCUT2D eigenvalue weighted by Crippen LogP contribution is 2.13. The third-order valence-corrected chi connectivity index (χ3v) is 3.84. The van der Waals surface area contributed by atoms with Gasteiger partial charge >= 0.3 is 5.97 Å². The Kier molecular flexibility index (Phi) is 6.50. The van der Waals surface area contributed by atoms with E-state index < -0.39 is 12.0 Å². The molecular formula is C12H18N2O5S. The number of likely N-dealkylation sites (tertiary alicyclic amines) is 1. The lowest BCUT2D eigenvalue weighted by molar-refractivity contribution is -0.141. The van der Waals surface area contributed by atoms with Gasteiger partial charge in [-0.2, -0.15) is 11.8 Å². The summed E-state index contributed by atoms with van der Waals surface area (Å²) in [5, 5.41) is 11.3. The fourth-order valence-corrected chi connectivity index (χ4v) is 2.75. The van der Waals surface area contributed by atoms with Crippen molar-refractivity contribution in [3.8, 4) is 0 Å². The first-order chi connectivity index (χ1) is 9.41. The first-order valence-electron chi connectivity index (χ1n) is 6.32. The number of thioether (sulfide) groups is 1. The number of carboxylic acids is 1. The monoisotopic (exact) mass is 302 g/mol. The molecule has 8 heteroatoms. The predicted molar refractivity (Wildman–Crippen MR) is 73.1 cm³/mol. The molecule has 0 saturated carbocycles. The Labute approximate surface area is 121 Å². The molecule has 112 valence electrons. The molecule has 0 spiro atoms. The largest absolute Gasteiger partial charge is 0.480 e. The van der Waals surface area contributed by atoms with Crippen molar-refractivity contribution in [3.05, 3.63) is 0 Å². The number of carboxylic acid groups (broad SMARTS) is 1. The Bertz CT molecular complexity index is 397. The van der Waals surface area contributed by atoms with Gasteiger partial charge in [-0.05, 0) is 12.2 Å². The van der Waals surface area contributed by atoms with Gasteiger partial charge in [0.1, 0.15) is 6.04 Å². The molecule has 0 aromatic heterocycles. The van der Waals surface area contributed by atoms with E-state index in [1.54, 1.807) is 0 Å². The van der Waals surface area contributed by atoms with Crippen LogP contribution in [-0.4, -0.2) is 57.8 Å². The summed E-state index contributed by atoms with van der Waals surface area (Å²) >= 11 is 1.46. The second kappa shape index (κ2) is 7.88. The molecule has 7 nitrogen and oxygen atoms in total. The van der Waals surface area contributed by atoms with E-state index in [4.69, 9.17) is 5.11 Å². The minimum atomic E-state index is -1.06. The van der Waals surface area contributed by atoms with Gasteiger partial charge in [-0.1, -0.05) is 0 Å². The van der Waals surface area contributed by atoms with Crippen molar-refractivity contribution in [2.75, 3.05) is 18.1 Å². The SMILES string of the molecule is CC(=O)NC(CCSCCN1C(=O)CCC1=O)C(=O)O. The summed E-state index contributed by atoms with van der Waals surface area (Å²) in [4.78, 5) is 45.6. The Hall–Kier alpha value is -1.57. The third-order valence-electron chi connectivity index (χ3n) is 2.84. The molecule has 1 heterocycles. The first-order valence-corrected chi connectivity index (χ1v) is 7.48. The van der Waals surface area contributed by atoms with Crippen molar-refractivity contribution in [2.45, 2.75) is 32.2 Å². The van der Waals surface area contributed by atoms with Crippen molar-refractivity contribution in [2.24, 2.45) is 0 Å². The Morgan fingerprint density at radius 1 is 1.30 bits per heavy atom. The maximum atomic E-state index is 11.3. The van der Waals surface area contributed by atoms with E-state index in [0.717, 1.165) is 0 Å². The number of nitrogens with zero attached hydrogens (tertiary/aromatic N) is 1. The minimum Gasteiger partial charge on any atom is -0.480 e. The average molecular weight is 302 g/mol. The fraction of sp³-hybridized carbons (Fsp3) is 0.667. The van der Waals surface area contributed by atoms with Crippen LogP contribution in [0, 0.1) is 0 Å². The van der Waals surface area contributed by atoms with E-state index in [1.807, 2.05) is 0 Å². The van der Waals surface area contributed by atoms with Crippen LogP contribution in [0.25, 0.3) is 0 Å². The van der Waals surface area contributed by atoms with Gasteiger partial charge in [0.05, 0.1) is 0 Å². The van der Waals surface area contributed by atoms with Gasteiger partial charge in [0.15, 0.2) is 0 Å². The number of hydrogen-bond donors (Lipinski definition) is 2. The molecule has 3 amide bonds. The van der Waals surface area contributed by atoms with E-state index in [1.165, 1.54) is 23.6 Å². The van der Waals surface area contributed by atoms with E-state index in [0.29, 0.717) is 24.5 Å². The van der Waals surface area contributed by atoms with E-state index in [2.05, 4.69) is 5.32 Å². The molecule has 0 aliphatic carbocycles. The van der Waals surface area contributed by atoms with Gasteiger partial charge < -0.3 is 10.4 Å². The molecule has 0 bridgehead atoms. The van der Waals surface area contributed by atoms with Crippen LogP contribution in [0.2, 0.25) is 0 Å². The summed E-state index contributed by atoms with van der Waals surface area (Å²) in [5.74, 6) is -0.618. The lowest BCUT2D eigenvalue weighted by Gasteiger charge is -2.15. The van der Waals surface area contributed by atoms with Crippen LogP contribution in [0.15, 0.2) is 0 Å². The molecule has 0 radical (unpaired) electrons. The minimum absolute atomic E-state index is 0.141. The summed E-state index contributed by atoms with van der Waals surface area (Å²) in [7, 11) is 0. The van der Waals surface area contributed by atoms with Gasteiger partial charge in [-0.15, -0.1) is 0 Å². The highest BCUT2D eigenvalue weighted by atomic mass is 32.2. The Balaban J connectivity index is 2.20. The summed E-state index contributed by atoms with van der Waals surface area (Å²) in [6.45, 7) is 1.63. The molecule has 20 heavy (non-hydrogen) atoms. The number of nitrogens with one attached hydrogen (secondary N) is 1. The van der Waals surface area contributed by atoms with Crippen LogP contribution in [0.5, 0.6) is 0 Å². The first kappa shape index (κ1) is 16.5. The molecule has 0 aromatic rings. The fourth-order valence-electron chi connectivity index (χ4n) is 1.83. The average Bonchev–Trinajstić information content (AvgIpc) is 2.67. The highest BCUT2D eigenvalue weighted by molar-refractivity contribution is 7.99. The second-order valence-electron chi connectivity index (χ2n) is 4.43. The number of amides is 3. The number of imide groups is 1. The summed E-state index contributed by atoms with van der Waals surface area (Å²) in [6, 6.07) is -0.893. The number of aliphatic carboxylic acids is 1. The van der Waals surface area contributed by atoms with Gasteiger partial charge in [-0.25, -0.2) is 4.79 Å². The maximum Gasteiger partial charge on any atom is 0.326 e. The maximum absolute atomic E-state index is 11.3. The smallest absolute Gasteiger partial charge is 0.326 e. The van der Waals surface area contributed by atoms with Crippen LogP contribution >= 0.6 is 11.8 Å². The predicted octanol–water partition coefficient (Wildman–Crippen LogP) is -0.152. The van der Waals surface area contributed by atoms with Crippen LogP contribution in [0.3, 0.4) is 0 Å². The van der Waals surface area contributed by atoms with Crippen molar-refractivity contribution in [1.82, 2.24) is 10.2 Å². The molecule has 1 unspecified atom stereocenters. The Morgan fingerprint density at radius 2 is 1.90 bits per heavy atom. The van der Waals surface area contributed by atoms with Gasteiger partial charge in [0.2, 0.25) is 17.7 Å². The molecule has 0 aromatic carbocycles. The van der Waals surface area contributed by atoms with Crippen LogP contribution in [0.1, 0.15) is 26.2 Å². The summed E-state index contributed by atoms with van der Waals surface area (Å²) < 4.78 is 0. The molecule has 1 atom stereocenters. The van der Waals surface area contributed by atoms with Crippen molar-refractivity contribution >= 4 is 35.5 Å². The van der Waals surface area contributed by atoms with E-state index >= 15 is 0 Å². The van der Waals surface area contributed by atoms with Crippen molar-refractivity contribution < 1.29 is 24.3 Å². The summed E-state index contributed by atoms with van der Waals surface area (Å²) in [6.07, 6.45) is 0.877. The zero-order valence-electron chi connectivity index (χ0n) is 11.3. The number of carbonyl (C=O) groups excluding carboxylic acids is 3. The van der Waals surface area contributed by atoms with Gasteiger partial charge in [-0.3, -0.25) is 19.3 Å². The van der Waals surface area contributed by atoms with Crippen molar-refractivity contribution in [1.29, 1.82) is 0 Å². The molecule has 1 fully saturated rings. The number of rotatable bonds is 8. The number of hydrogen-bond acceptors (Lipinski definition) is 5. The molecule has 1 saturated heterocycles. The van der Waals surface area contributed by atoms with Crippen LogP contribution in [0.4, 0.5) is 0 Å². The summed E-state index contributed by atoms with van der Waals surface area (Å²) in [5.41, 5.74) is 0. The third kappa shape index (κ3) is 5.20. The zero-order chi connectivity index (χ0) is 15.1. The topological polar surface area (TPSA) is 104 Å². The number of carbonyl (C=O) groups is 4. The highest BCUT2D eigenvalue weighted by Gasteiger charge is 2.28. The lowest BCUT2D eigenvalue weighted by Crippen LogP contribution is -2.40. The van der Waals surface area contributed by atoms with Crippen molar-refractivity contribution in [3.63, 3.8) is 0 Å². The normalized spacial score (nSPS) is 16.4. The van der Waals surface area contributed by atoms with Gasteiger partial charge in [0, 0.05) is 32.1 Å². The second-order valence-corrected chi connectivity index (χ2v) is 5.66. The quantitative estimate of drug-likeness (QED) is 0.477. The van der Waals surface area contributed by atoms with Crippen LogP contribution < -0.4 is 5.32 Å².